The highest BCUT2D eigenvalue weighted by Gasteiger charge is 2.15. The number of hydrogen-bond acceptors (Lipinski definition) is 4. The molecule has 1 amide bonds. The molecule has 0 radical (unpaired) electrons. The lowest BCUT2D eigenvalue weighted by Gasteiger charge is -1.97. The zero-order chi connectivity index (χ0) is 13.8. The maximum Gasteiger partial charge on any atom is 0.250 e. The highest BCUT2D eigenvalue weighted by molar-refractivity contribution is 6.01. The summed E-state index contributed by atoms with van der Waals surface area (Å²) in [4.78, 5) is 11.7. The predicted molar refractivity (Wildman–Crippen MR) is 69.3 cm³/mol. The standard InChI is InChI=1S/C14H12N2O3/c1-9-10(2)19-14(12(9)8-15)16-13(17)6-5-11-4-3-7-18-11/h3-7H,1-2H3,(H,16,17)/b6-5+. The van der Waals surface area contributed by atoms with Crippen molar-refractivity contribution in [3.8, 4) is 6.07 Å². The van der Waals surface area contributed by atoms with Gasteiger partial charge in [-0.1, -0.05) is 0 Å². The van der Waals surface area contributed by atoms with Crippen LogP contribution in [-0.4, -0.2) is 5.91 Å². The van der Waals surface area contributed by atoms with Crippen molar-refractivity contribution in [2.75, 3.05) is 5.32 Å². The molecule has 2 heterocycles. The Labute approximate surface area is 110 Å². The maximum atomic E-state index is 11.7. The van der Waals surface area contributed by atoms with Gasteiger partial charge < -0.3 is 8.83 Å². The molecule has 0 spiro atoms. The molecule has 0 bridgehead atoms. The number of nitrogens with one attached hydrogen (secondary N) is 1. The van der Waals surface area contributed by atoms with Gasteiger partial charge in [-0.2, -0.15) is 5.26 Å². The van der Waals surface area contributed by atoms with Crippen molar-refractivity contribution in [1.82, 2.24) is 0 Å². The molecule has 0 unspecified atom stereocenters. The van der Waals surface area contributed by atoms with Gasteiger partial charge in [0.05, 0.1) is 6.26 Å². The number of nitriles is 1. The molecule has 2 rings (SSSR count). The summed E-state index contributed by atoms with van der Waals surface area (Å²) in [6, 6.07) is 5.46. The molecule has 0 aliphatic heterocycles. The number of hydrogen-bond donors (Lipinski definition) is 1. The highest BCUT2D eigenvalue weighted by Crippen LogP contribution is 2.25. The molecule has 5 nitrogen and oxygen atoms in total. The first-order valence-corrected chi connectivity index (χ1v) is 5.64. The maximum absolute atomic E-state index is 11.7. The van der Waals surface area contributed by atoms with Gasteiger partial charge >= 0.3 is 0 Å². The highest BCUT2D eigenvalue weighted by atomic mass is 16.4. The van der Waals surface area contributed by atoms with Crippen molar-refractivity contribution in [2.24, 2.45) is 0 Å². The van der Waals surface area contributed by atoms with E-state index in [1.807, 2.05) is 6.07 Å². The normalized spacial score (nSPS) is 10.6. The van der Waals surface area contributed by atoms with Gasteiger partial charge in [0.25, 0.3) is 5.91 Å². The Morgan fingerprint density at radius 2 is 2.26 bits per heavy atom. The van der Waals surface area contributed by atoms with E-state index >= 15 is 0 Å². The van der Waals surface area contributed by atoms with Gasteiger partial charge in [-0.3, -0.25) is 10.1 Å². The number of amides is 1. The quantitative estimate of drug-likeness (QED) is 0.856. The van der Waals surface area contributed by atoms with Gasteiger partial charge in [-0.15, -0.1) is 0 Å². The van der Waals surface area contributed by atoms with E-state index in [0.717, 1.165) is 5.56 Å². The Morgan fingerprint density at radius 1 is 1.47 bits per heavy atom. The summed E-state index contributed by atoms with van der Waals surface area (Å²) in [5.41, 5.74) is 1.07. The summed E-state index contributed by atoms with van der Waals surface area (Å²) in [6.45, 7) is 3.51. The largest absolute Gasteiger partial charge is 0.465 e. The summed E-state index contributed by atoms with van der Waals surface area (Å²) < 4.78 is 10.4. The zero-order valence-corrected chi connectivity index (χ0v) is 10.6. The Hall–Kier alpha value is -2.74. The number of rotatable bonds is 3. The number of furan rings is 2. The second kappa shape index (κ2) is 5.27. The molecule has 0 atom stereocenters. The molecule has 96 valence electrons. The summed E-state index contributed by atoms with van der Waals surface area (Å²) in [6.07, 6.45) is 4.36. The number of carbonyl (C=O) groups is 1. The molecule has 0 fully saturated rings. The first-order chi connectivity index (χ1) is 9.11. The van der Waals surface area contributed by atoms with Crippen molar-refractivity contribution in [2.45, 2.75) is 13.8 Å². The average Bonchev–Trinajstić information content (AvgIpc) is 2.97. The van der Waals surface area contributed by atoms with Crippen LogP contribution in [0.25, 0.3) is 6.08 Å². The van der Waals surface area contributed by atoms with Crippen LogP contribution in [0, 0.1) is 25.2 Å². The summed E-state index contributed by atoms with van der Waals surface area (Å²) in [7, 11) is 0. The zero-order valence-electron chi connectivity index (χ0n) is 10.6. The minimum atomic E-state index is -0.387. The van der Waals surface area contributed by atoms with Crippen LogP contribution in [0.3, 0.4) is 0 Å². The molecular formula is C14H12N2O3. The van der Waals surface area contributed by atoms with E-state index in [-0.39, 0.29) is 11.8 Å². The van der Waals surface area contributed by atoms with Crippen LogP contribution in [0.2, 0.25) is 0 Å². The fraction of sp³-hybridized carbons (Fsp3) is 0.143. The fourth-order valence-corrected chi connectivity index (χ4v) is 1.55. The van der Waals surface area contributed by atoms with E-state index in [0.29, 0.717) is 17.1 Å². The van der Waals surface area contributed by atoms with Crippen molar-refractivity contribution in [1.29, 1.82) is 5.26 Å². The molecule has 0 aliphatic carbocycles. The Kier molecular flexibility index (Phi) is 3.53. The van der Waals surface area contributed by atoms with E-state index in [2.05, 4.69) is 5.32 Å². The first-order valence-electron chi connectivity index (χ1n) is 5.64. The average molecular weight is 256 g/mol. The lowest BCUT2D eigenvalue weighted by Crippen LogP contribution is -2.08. The second-order valence-electron chi connectivity index (χ2n) is 3.94. The van der Waals surface area contributed by atoms with E-state index < -0.39 is 0 Å². The molecule has 0 aromatic carbocycles. The van der Waals surface area contributed by atoms with Crippen LogP contribution >= 0.6 is 0 Å². The smallest absolute Gasteiger partial charge is 0.250 e. The van der Waals surface area contributed by atoms with Crippen molar-refractivity contribution < 1.29 is 13.6 Å². The molecule has 2 aromatic rings. The number of anilines is 1. The third-order valence-electron chi connectivity index (χ3n) is 2.68. The van der Waals surface area contributed by atoms with Crippen molar-refractivity contribution in [3.63, 3.8) is 0 Å². The number of carbonyl (C=O) groups excluding carboxylic acids is 1. The molecule has 0 saturated carbocycles. The topological polar surface area (TPSA) is 79.2 Å². The first kappa shape index (κ1) is 12.7. The summed E-state index contributed by atoms with van der Waals surface area (Å²) in [5, 5.41) is 11.5. The summed E-state index contributed by atoms with van der Waals surface area (Å²) >= 11 is 0. The Morgan fingerprint density at radius 3 is 2.89 bits per heavy atom. The molecule has 19 heavy (non-hydrogen) atoms. The minimum absolute atomic E-state index is 0.173. The van der Waals surface area contributed by atoms with Crippen LogP contribution in [0.5, 0.6) is 0 Å². The fourth-order valence-electron chi connectivity index (χ4n) is 1.55. The molecule has 0 saturated heterocycles. The van der Waals surface area contributed by atoms with Gasteiger partial charge in [0.2, 0.25) is 5.88 Å². The summed E-state index contributed by atoms with van der Waals surface area (Å²) in [5.74, 6) is 0.970. The number of aryl methyl sites for hydroxylation is 1. The SMILES string of the molecule is Cc1oc(NC(=O)/C=C/c2ccco2)c(C#N)c1C. The third-order valence-corrected chi connectivity index (χ3v) is 2.68. The van der Waals surface area contributed by atoms with Crippen molar-refractivity contribution >= 4 is 17.9 Å². The van der Waals surface area contributed by atoms with E-state index in [1.165, 1.54) is 18.4 Å². The van der Waals surface area contributed by atoms with Gasteiger partial charge in [0.15, 0.2) is 0 Å². The van der Waals surface area contributed by atoms with E-state index in [4.69, 9.17) is 14.1 Å². The predicted octanol–water partition coefficient (Wildman–Crippen LogP) is 3.01. The van der Waals surface area contributed by atoms with Crippen LogP contribution < -0.4 is 5.32 Å². The van der Waals surface area contributed by atoms with E-state index in [9.17, 15) is 4.79 Å². The minimum Gasteiger partial charge on any atom is -0.465 e. The van der Waals surface area contributed by atoms with Crippen molar-refractivity contribution in [3.05, 3.63) is 47.1 Å². The van der Waals surface area contributed by atoms with Crippen LogP contribution in [0.1, 0.15) is 22.6 Å². The van der Waals surface area contributed by atoms with Gasteiger partial charge in [0.1, 0.15) is 23.2 Å². The van der Waals surface area contributed by atoms with Crippen LogP contribution in [0.15, 0.2) is 33.3 Å². The molecule has 0 aliphatic rings. The third kappa shape index (κ3) is 2.75. The van der Waals surface area contributed by atoms with Crippen LogP contribution in [-0.2, 0) is 4.79 Å². The van der Waals surface area contributed by atoms with Crippen LogP contribution in [0.4, 0.5) is 5.88 Å². The lowest BCUT2D eigenvalue weighted by molar-refractivity contribution is -0.111. The molecule has 2 aromatic heterocycles. The Bertz CT molecular complexity index is 658. The second-order valence-corrected chi connectivity index (χ2v) is 3.94. The van der Waals surface area contributed by atoms with Gasteiger partial charge in [-0.25, -0.2) is 0 Å². The molecular weight excluding hydrogens is 244 g/mol. The molecule has 1 N–H and O–H groups in total. The van der Waals surface area contributed by atoms with Gasteiger partial charge in [-0.05, 0) is 32.1 Å². The lowest BCUT2D eigenvalue weighted by atomic mass is 10.2. The monoisotopic (exact) mass is 256 g/mol. The molecule has 5 heteroatoms. The van der Waals surface area contributed by atoms with Gasteiger partial charge in [0, 0.05) is 11.6 Å². The number of nitrogens with zero attached hydrogens (tertiary/aromatic N) is 1. The Balaban J connectivity index is 2.12. The van der Waals surface area contributed by atoms with E-state index in [1.54, 1.807) is 26.0 Å².